The summed E-state index contributed by atoms with van der Waals surface area (Å²) in [6.07, 6.45) is 1.70. The molecule has 4 atom stereocenters. The molecule has 3 aliphatic heterocycles. The van der Waals surface area contributed by atoms with Gasteiger partial charge in [0.05, 0.1) is 47.0 Å². The second-order valence-electron chi connectivity index (χ2n) is 8.83. The Kier molecular flexibility index (Phi) is 4.21. The summed E-state index contributed by atoms with van der Waals surface area (Å²) < 4.78 is 11.5. The molecule has 2 aromatic carbocycles. The molecule has 0 saturated carbocycles. The minimum atomic E-state index is -0.807. The lowest BCUT2D eigenvalue weighted by Gasteiger charge is -2.30. The lowest BCUT2D eigenvalue weighted by Crippen LogP contribution is -2.43. The van der Waals surface area contributed by atoms with E-state index < -0.39 is 23.0 Å². The lowest BCUT2D eigenvalue weighted by atomic mass is 9.67. The molecular weight excluding hydrogens is 396 g/mol. The van der Waals surface area contributed by atoms with Crippen LogP contribution in [0.25, 0.3) is 10.8 Å². The second-order valence-corrected chi connectivity index (χ2v) is 8.83. The van der Waals surface area contributed by atoms with Crippen molar-refractivity contribution in [2.24, 2.45) is 11.8 Å². The third-order valence-electron chi connectivity index (χ3n) is 7.10. The summed E-state index contributed by atoms with van der Waals surface area (Å²) in [5.41, 5.74) is -0.534. The largest absolute Gasteiger partial charge is 0.466 e. The maximum atomic E-state index is 13.7. The molecule has 0 aromatic heterocycles. The fraction of sp³-hybridized carbons (Fsp3) is 0.417. The molecule has 3 unspecified atom stereocenters. The van der Waals surface area contributed by atoms with Crippen molar-refractivity contribution in [1.29, 1.82) is 5.26 Å². The molecule has 0 N–H and O–H groups in total. The quantitative estimate of drug-likeness (QED) is 0.559. The van der Waals surface area contributed by atoms with E-state index in [2.05, 4.69) is 6.07 Å². The van der Waals surface area contributed by atoms with Crippen LogP contribution in [-0.4, -0.2) is 35.6 Å². The number of imide groups is 1. The minimum Gasteiger partial charge on any atom is -0.466 e. The second kappa shape index (κ2) is 6.63. The number of ether oxygens (including phenoxy) is 2. The van der Waals surface area contributed by atoms with Gasteiger partial charge in [-0.1, -0.05) is 24.3 Å². The highest BCUT2D eigenvalue weighted by atomic mass is 16.6. The summed E-state index contributed by atoms with van der Waals surface area (Å²) in [7, 11) is 0. The molecule has 0 aliphatic carbocycles. The molecular formula is C24H22N2O5. The zero-order chi connectivity index (χ0) is 22.0. The maximum Gasteiger partial charge on any atom is 0.302 e. The van der Waals surface area contributed by atoms with Crippen LogP contribution in [0.1, 0.15) is 38.7 Å². The van der Waals surface area contributed by atoms with Gasteiger partial charge in [-0.25, -0.2) is 4.90 Å². The van der Waals surface area contributed by atoms with E-state index in [0.29, 0.717) is 41.3 Å². The minimum absolute atomic E-state index is 0.149. The van der Waals surface area contributed by atoms with Crippen molar-refractivity contribution in [1.82, 2.24) is 0 Å². The third kappa shape index (κ3) is 2.64. The van der Waals surface area contributed by atoms with Gasteiger partial charge in [0.2, 0.25) is 11.8 Å². The summed E-state index contributed by atoms with van der Waals surface area (Å²) >= 11 is 0. The van der Waals surface area contributed by atoms with E-state index in [9.17, 15) is 19.6 Å². The van der Waals surface area contributed by atoms with Crippen molar-refractivity contribution in [2.45, 2.75) is 44.3 Å². The van der Waals surface area contributed by atoms with E-state index in [4.69, 9.17) is 9.47 Å². The van der Waals surface area contributed by atoms with Gasteiger partial charge in [-0.05, 0) is 31.9 Å². The van der Waals surface area contributed by atoms with Crippen LogP contribution in [0.3, 0.4) is 0 Å². The predicted octanol–water partition coefficient (Wildman–Crippen LogP) is 3.09. The number of anilines is 1. The van der Waals surface area contributed by atoms with E-state index in [0.717, 1.165) is 0 Å². The Balaban J connectivity index is 1.57. The van der Waals surface area contributed by atoms with Crippen molar-refractivity contribution in [3.8, 4) is 6.07 Å². The number of amides is 2. The van der Waals surface area contributed by atoms with Crippen LogP contribution in [-0.2, 0) is 23.9 Å². The molecule has 158 valence electrons. The Morgan fingerprint density at radius 3 is 2.58 bits per heavy atom. The number of hydrogen-bond donors (Lipinski definition) is 0. The van der Waals surface area contributed by atoms with Crippen molar-refractivity contribution in [3.05, 3.63) is 42.0 Å². The average molecular weight is 418 g/mol. The van der Waals surface area contributed by atoms with Crippen LogP contribution in [0.15, 0.2) is 36.4 Å². The number of nitrogens with zero attached hydrogens (tertiary/aromatic N) is 2. The number of carbonyl (C=O) groups is 3. The van der Waals surface area contributed by atoms with Gasteiger partial charge in [0.1, 0.15) is 0 Å². The van der Waals surface area contributed by atoms with E-state index in [1.807, 2.05) is 31.2 Å². The molecule has 7 heteroatoms. The normalized spacial score (nSPS) is 31.2. The summed E-state index contributed by atoms with van der Waals surface area (Å²) in [5, 5.41) is 10.8. The fourth-order valence-electron chi connectivity index (χ4n) is 5.79. The number of nitriles is 1. The molecule has 0 radical (unpaired) electrons. The van der Waals surface area contributed by atoms with Gasteiger partial charge in [0, 0.05) is 24.1 Å². The number of benzene rings is 2. The van der Waals surface area contributed by atoms with Gasteiger partial charge in [-0.2, -0.15) is 5.26 Å². The predicted molar refractivity (Wildman–Crippen MR) is 111 cm³/mol. The van der Waals surface area contributed by atoms with Gasteiger partial charge < -0.3 is 9.47 Å². The molecule has 5 rings (SSSR count). The van der Waals surface area contributed by atoms with Gasteiger partial charge in [0.15, 0.2) is 0 Å². The highest BCUT2D eigenvalue weighted by Crippen LogP contribution is 2.62. The molecule has 2 aromatic rings. The molecule has 7 nitrogen and oxygen atoms in total. The summed E-state index contributed by atoms with van der Waals surface area (Å²) in [5.74, 6) is -2.10. The number of carbonyl (C=O) groups excluding carboxylic acids is 3. The number of fused-ring (bicyclic) bond motifs is 6. The van der Waals surface area contributed by atoms with Crippen molar-refractivity contribution >= 4 is 34.2 Å². The van der Waals surface area contributed by atoms with Crippen LogP contribution < -0.4 is 4.90 Å². The van der Waals surface area contributed by atoms with Gasteiger partial charge in [-0.15, -0.1) is 0 Å². The van der Waals surface area contributed by atoms with Crippen molar-refractivity contribution in [2.75, 3.05) is 11.5 Å². The van der Waals surface area contributed by atoms with Crippen LogP contribution in [0.5, 0.6) is 0 Å². The summed E-state index contributed by atoms with van der Waals surface area (Å²) in [6.45, 7) is 3.39. The third-order valence-corrected chi connectivity index (χ3v) is 7.10. The van der Waals surface area contributed by atoms with E-state index in [1.165, 1.54) is 11.8 Å². The van der Waals surface area contributed by atoms with Crippen LogP contribution in [0.4, 0.5) is 5.69 Å². The molecule has 3 heterocycles. The molecule has 2 amide bonds. The van der Waals surface area contributed by atoms with Gasteiger partial charge >= 0.3 is 5.97 Å². The molecule has 3 aliphatic rings. The summed E-state index contributed by atoms with van der Waals surface area (Å²) in [6, 6.07) is 12.8. The monoisotopic (exact) mass is 418 g/mol. The zero-order valence-corrected chi connectivity index (χ0v) is 17.4. The SMILES string of the molecule is CC(=O)OCCC12CCC(C)(O1)C1C(=O)N(c3ccc(C#N)c4ccccc34)C(=O)[C@H]12. The average Bonchev–Trinajstić information content (AvgIpc) is 3.32. The van der Waals surface area contributed by atoms with Crippen LogP contribution in [0, 0.1) is 23.2 Å². The van der Waals surface area contributed by atoms with Gasteiger partial charge in [-0.3, -0.25) is 14.4 Å². The van der Waals surface area contributed by atoms with Crippen LogP contribution >= 0.6 is 0 Å². The van der Waals surface area contributed by atoms with E-state index in [1.54, 1.807) is 12.1 Å². The topological polar surface area (TPSA) is 96.7 Å². The lowest BCUT2D eigenvalue weighted by molar-refractivity contribution is -0.144. The first kappa shape index (κ1) is 19.7. The first-order valence-electron chi connectivity index (χ1n) is 10.4. The molecule has 2 bridgehead atoms. The van der Waals surface area contributed by atoms with Crippen molar-refractivity contribution in [3.63, 3.8) is 0 Å². The molecule has 31 heavy (non-hydrogen) atoms. The highest BCUT2D eigenvalue weighted by Gasteiger charge is 2.73. The van der Waals surface area contributed by atoms with Crippen molar-refractivity contribution < 1.29 is 23.9 Å². The zero-order valence-electron chi connectivity index (χ0n) is 17.4. The standard InChI is InChI=1S/C24H22N2O5/c1-14(27)30-12-11-24-10-9-23(2,31-24)19-20(24)22(29)26(21(19)28)18-8-7-15(13-25)16-5-3-4-6-17(16)18/h3-8,19-20H,9-12H2,1-2H3/t19?,20-,23?,24?/m0/s1. The fourth-order valence-corrected chi connectivity index (χ4v) is 5.79. The van der Waals surface area contributed by atoms with E-state index >= 15 is 0 Å². The Morgan fingerprint density at radius 1 is 1.16 bits per heavy atom. The smallest absolute Gasteiger partial charge is 0.302 e. The first-order chi connectivity index (χ1) is 14.8. The summed E-state index contributed by atoms with van der Waals surface area (Å²) in [4.78, 5) is 39.8. The Bertz CT molecular complexity index is 1180. The number of esters is 1. The first-order valence-corrected chi connectivity index (χ1v) is 10.4. The number of rotatable bonds is 4. The molecule has 3 saturated heterocycles. The number of hydrogen-bond acceptors (Lipinski definition) is 6. The van der Waals surface area contributed by atoms with Gasteiger partial charge in [0.25, 0.3) is 0 Å². The highest BCUT2D eigenvalue weighted by molar-refractivity contribution is 6.26. The van der Waals surface area contributed by atoms with Crippen LogP contribution in [0.2, 0.25) is 0 Å². The van der Waals surface area contributed by atoms with E-state index in [-0.39, 0.29) is 24.4 Å². The maximum absolute atomic E-state index is 13.7. The Labute approximate surface area is 179 Å². The molecule has 3 fully saturated rings. The Morgan fingerprint density at radius 2 is 1.87 bits per heavy atom. The molecule has 0 spiro atoms. The Hall–Kier alpha value is -3.24.